The minimum absolute atomic E-state index is 0.0546. The first-order valence-electron chi connectivity index (χ1n) is 13.6. The van der Waals surface area contributed by atoms with Gasteiger partial charge in [-0.1, -0.05) is 115 Å². The summed E-state index contributed by atoms with van der Waals surface area (Å²) in [5, 5.41) is 22.6. The van der Waals surface area contributed by atoms with Crippen molar-refractivity contribution in [2.75, 3.05) is 6.54 Å². The standard InChI is InChI=1S/C34H34N2O5/c37-32(38)30(21-16-25-10-4-1-5-11-25)24-36(23-27-12-6-2-7-13-27)34(41)35-31(33(39)40)22-26-17-19-29(20-18-26)28-14-8-3-9-15-28/h1-15,17-20,30-31H,16,21-24H2,(H,35,41)(H,37,38)(H,39,40)/t30-,31-/m0/s1. The lowest BCUT2D eigenvalue weighted by atomic mass is 9.98. The molecule has 0 unspecified atom stereocenters. The molecular weight excluding hydrogens is 516 g/mol. The third-order valence-corrected chi connectivity index (χ3v) is 7.01. The number of benzene rings is 4. The van der Waals surface area contributed by atoms with Crippen LogP contribution in [0.4, 0.5) is 4.79 Å². The molecule has 0 saturated carbocycles. The van der Waals surface area contributed by atoms with Gasteiger partial charge in [-0.25, -0.2) is 9.59 Å². The zero-order chi connectivity index (χ0) is 29.0. The molecule has 2 atom stereocenters. The third kappa shape index (κ3) is 8.80. The van der Waals surface area contributed by atoms with Crippen LogP contribution in [-0.4, -0.2) is 45.7 Å². The summed E-state index contributed by atoms with van der Waals surface area (Å²) >= 11 is 0. The summed E-state index contributed by atoms with van der Waals surface area (Å²) in [6.45, 7) is 0.0981. The minimum atomic E-state index is -1.18. The summed E-state index contributed by atoms with van der Waals surface area (Å²) in [6, 6.07) is 34.5. The summed E-state index contributed by atoms with van der Waals surface area (Å²) in [4.78, 5) is 39.2. The van der Waals surface area contributed by atoms with E-state index >= 15 is 0 Å². The van der Waals surface area contributed by atoms with Crippen molar-refractivity contribution in [3.8, 4) is 11.1 Å². The molecule has 4 aromatic rings. The van der Waals surface area contributed by atoms with Crippen LogP contribution in [-0.2, 0) is 29.0 Å². The monoisotopic (exact) mass is 550 g/mol. The lowest BCUT2D eigenvalue weighted by Crippen LogP contribution is -2.50. The molecule has 7 heteroatoms. The van der Waals surface area contributed by atoms with E-state index in [9.17, 15) is 24.6 Å². The molecule has 0 aliphatic rings. The zero-order valence-corrected chi connectivity index (χ0v) is 22.7. The second kappa shape index (κ2) is 14.5. The van der Waals surface area contributed by atoms with Crippen molar-refractivity contribution in [1.82, 2.24) is 10.2 Å². The highest BCUT2D eigenvalue weighted by Gasteiger charge is 2.28. The molecule has 0 bridgehead atoms. The molecule has 41 heavy (non-hydrogen) atoms. The maximum absolute atomic E-state index is 13.5. The summed E-state index contributed by atoms with van der Waals surface area (Å²) < 4.78 is 0. The molecule has 0 aliphatic heterocycles. The summed E-state index contributed by atoms with van der Waals surface area (Å²) in [5.74, 6) is -2.98. The van der Waals surface area contributed by atoms with E-state index in [1.54, 1.807) is 0 Å². The van der Waals surface area contributed by atoms with Crippen molar-refractivity contribution < 1.29 is 24.6 Å². The van der Waals surface area contributed by atoms with E-state index in [-0.39, 0.29) is 19.5 Å². The first-order valence-corrected chi connectivity index (χ1v) is 13.6. The van der Waals surface area contributed by atoms with Crippen LogP contribution in [0.2, 0.25) is 0 Å². The van der Waals surface area contributed by atoms with Crippen molar-refractivity contribution >= 4 is 18.0 Å². The first kappa shape index (κ1) is 29.1. The number of aliphatic carboxylic acids is 2. The van der Waals surface area contributed by atoms with E-state index in [2.05, 4.69) is 5.32 Å². The number of carboxylic acids is 2. The third-order valence-electron chi connectivity index (χ3n) is 7.01. The predicted molar refractivity (Wildman–Crippen MR) is 158 cm³/mol. The predicted octanol–water partition coefficient (Wildman–Crippen LogP) is 5.89. The second-order valence-corrected chi connectivity index (χ2v) is 10.0. The smallest absolute Gasteiger partial charge is 0.326 e. The number of amides is 2. The Hall–Kier alpha value is -4.91. The van der Waals surface area contributed by atoms with Crippen LogP contribution in [0.15, 0.2) is 115 Å². The fourth-order valence-electron chi connectivity index (χ4n) is 4.71. The largest absolute Gasteiger partial charge is 0.481 e. The maximum atomic E-state index is 13.5. The van der Waals surface area contributed by atoms with E-state index in [4.69, 9.17) is 0 Å². The van der Waals surface area contributed by atoms with Gasteiger partial charge in [0.2, 0.25) is 0 Å². The Kier molecular flexibility index (Phi) is 10.3. The van der Waals surface area contributed by atoms with E-state index in [0.29, 0.717) is 12.8 Å². The number of hydrogen-bond donors (Lipinski definition) is 3. The Balaban J connectivity index is 1.47. The van der Waals surface area contributed by atoms with Gasteiger partial charge in [0, 0.05) is 19.5 Å². The van der Waals surface area contributed by atoms with Crippen LogP contribution in [0.5, 0.6) is 0 Å². The lowest BCUT2D eigenvalue weighted by Gasteiger charge is -2.28. The zero-order valence-electron chi connectivity index (χ0n) is 22.7. The highest BCUT2D eigenvalue weighted by molar-refractivity contribution is 5.83. The molecular formula is C34H34N2O5. The van der Waals surface area contributed by atoms with Gasteiger partial charge in [-0.2, -0.15) is 0 Å². The molecule has 0 aliphatic carbocycles. The lowest BCUT2D eigenvalue weighted by molar-refractivity contribution is -0.143. The molecule has 7 nitrogen and oxygen atoms in total. The molecule has 4 rings (SSSR count). The van der Waals surface area contributed by atoms with Crippen LogP contribution < -0.4 is 5.32 Å². The molecule has 0 heterocycles. The van der Waals surface area contributed by atoms with Gasteiger partial charge in [-0.3, -0.25) is 4.79 Å². The SMILES string of the molecule is O=C(O)[C@@H](CCc1ccccc1)CN(Cc1ccccc1)C(=O)N[C@@H](Cc1ccc(-c2ccccc2)cc1)C(=O)O. The first-order chi connectivity index (χ1) is 19.9. The highest BCUT2D eigenvalue weighted by Crippen LogP contribution is 2.20. The van der Waals surface area contributed by atoms with Gasteiger partial charge in [0.05, 0.1) is 5.92 Å². The van der Waals surface area contributed by atoms with Crippen molar-refractivity contribution in [3.05, 3.63) is 132 Å². The molecule has 2 amide bonds. The van der Waals surface area contributed by atoms with Gasteiger partial charge in [0.15, 0.2) is 0 Å². The van der Waals surface area contributed by atoms with Crippen LogP contribution >= 0.6 is 0 Å². The number of nitrogens with one attached hydrogen (secondary N) is 1. The number of carbonyl (C=O) groups is 3. The number of nitrogens with zero attached hydrogens (tertiary/aromatic N) is 1. The van der Waals surface area contributed by atoms with E-state index < -0.39 is 29.9 Å². The average molecular weight is 551 g/mol. The second-order valence-electron chi connectivity index (χ2n) is 10.0. The molecule has 0 fully saturated rings. The van der Waals surface area contributed by atoms with Crippen LogP contribution in [0.3, 0.4) is 0 Å². The van der Waals surface area contributed by atoms with Crippen LogP contribution in [0, 0.1) is 5.92 Å². The normalized spacial score (nSPS) is 12.2. The van der Waals surface area contributed by atoms with Gasteiger partial charge < -0.3 is 20.4 Å². The molecule has 3 N–H and O–H groups in total. The number of carbonyl (C=O) groups excluding carboxylic acids is 1. The van der Waals surface area contributed by atoms with Crippen LogP contribution in [0.1, 0.15) is 23.1 Å². The fraction of sp³-hybridized carbons (Fsp3) is 0.206. The highest BCUT2D eigenvalue weighted by atomic mass is 16.4. The van der Waals surface area contributed by atoms with Gasteiger partial charge in [-0.05, 0) is 40.7 Å². The number of hydrogen-bond acceptors (Lipinski definition) is 3. The number of rotatable bonds is 13. The fourth-order valence-corrected chi connectivity index (χ4v) is 4.71. The van der Waals surface area contributed by atoms with Gasteiger partial charge in [0.1, 0.15) is 6.04 Å². The Labute approximate surface area is 240 Å². The van der Waals surface area contributed by atoms with Crippen molar-refractivity contribution in [1.29, 1.82) is 0 Å². The topological polar surface area (TPSA) is 107 Å². The van der Waals surface area contributed by atoms with Crippen LogP contribution in [0.25, 0.3) is 11.1 Å². The Morgan fingerprint density at radius 1 is 0.634 bits per heavy atom. The number of carboxylic acid groups (broad SMARTS) is 2. The number of aryl methyl sites for hydroxylation is 1. The maximum Gasteiger partial charge on any atom is 0.326 e. The average Bonchev–Trinajstić information content (AvgIpc) is 3.00. The summed E-state index contributed by atoms with van der Waals surface area (Å²) in [6.07, 6.45) is 0.981. The van der Waals surface area contributed by atoms with E-state index in [0.717, 1.165) is 27.8 Å². The molecule has 0 radical (unpaired) electrons. The van der Waals surface area contributed by atoms with Gasteiger partial charge in [-0.15, -0.1) is 0 Å². The quantitative estimate of drug-likeness (QED) is 0.192. The van der Waals surface area contributed by atoms with Crippen molar-refractivity contribution in [2.24, 2.45) is 5.92 Å². The summed E-state index contributed by atoms with van der Waals surface area (Å²) in [7, 11) is 0. The Morgan fingerprint density at radius 2 is 1.17 bits per heavy atom. The van der Waals surface area contributed by atoms with Crippen molar-refractivity contribution in [2.45, 2.75) is 31.8 Å². The van der Waals surface area contributed by atoms with Crippen molar-refractivity contribution in [3.63, 3.8) is 0 Å². The molecule has 4 aromatic carbocycles. The molecule has 0 spiro atoms. The molecule has 0 saturated heterocycles. The Bertz CT molecular complexity index is 1410. The number of urea groups is 1. The minimum Gasteiger partial charge on any atom is -0.481 e. The van der Waals surface area contributed by atoms with E-state index in [1.807, 2.05) is 115 Å². The van der Waals surface area contributed by atoms with Gasteiger partial charge in [0.25, 0.3) is 0 Å². The van der Waals surface area contributed by atoms with E-state index in [1.165, 1.54) is 4.90 Å². The Morgan fingerprint density at radius 3 is 1.73 bits per heavy atom. The summed E-state index contributed by atoms with van der Waals surface area (Å²) in [5.41, 5.74) is 4.66. The molecule has 210 valence electrons. The molecule has 0 aromatic heterocycles. The van der Waals surface area contributed by atoms with Gasteiger partial charge >= 0.3 is 18.0 Å².